The van der Waals surface area contributed by atoms with Crippen LogP contribution in [-0.4, -0.2) is 54.5 Å². The summed E-state index contributed by atoms with van der Waals surface area (Å²) in [5.41, 5.74) is 4.08. The molecular formula is C26H26N4O4S. The van der Waals surface area contributed by atoms with Crippen LogP contribution in [0.15, 0.2) is 71.6 Å². The minimum atomic E-state index is -3.68. The minimum Gasteiger partial charge on any atom is -0.379 e. The Morgan fingerprint density at radius 2 is 1.71 bits per heavy atom. The summed E-state index contributed by atoms with van der Waals surface area (Å²) in [4.78, 5) is 17.9. The quantitative estimate of drug-likeness (QED) is 0.458. The predicted molar refractivity (Wildman–Crippen MR) is 135 cm³/mol. The molecule has 4 aromatic rings. The first kappa shape index (κ1) is 23.2. The van der Waals surface area contributed by atoms with Gasteiger partial charge in [0.15, 0.2) is 0 Å². The summed E-state index contributed by atoms with van der Waals surface area (Å²) in [5, 5.41) is 2.84. The smallest absolute Gasteiger partial charge is 0.255 e. The van der Waals surface area contributed by atoms with Crippen molar-refractivity contribution in [2.24, 2.45) is 0 Å². The third kappa shape index (κ3) is 4.45. The fourth-order valence-electron chi connectivity index (χ4n) is 4.33. The average molecular weight is 491 g/mol. The number of carbonyl (C=O) groups excluding carboxylic acids is 1. The van der Waals surface area contributed by atoms with Crippen molar-refractivity contribution in [2.75, 3.05) is 31.6 Å². The number of para-hydroxylation sites is 1. The second kappa shape index (κ2) is 9.26. The van der Waals surface area contributed by atoms with Crippen molar-refractivity contribution < 1.29 is 17.9 Å². The van der Waals surface area contributed by atoms with E-state index in [0.717, 1.165) is 17.0 Å². The van der Waals surface area contributed by atoms with Gasteiger partial charge in [0.05, 0.1) is 29.1 Å². The molecule has 0 bridgehead atoms. The van der Waals surface area contributed by atoms with Crippen LogP contribution in [0.5, 0.6) is 0 Å². The van der Waals surface area contributed by atoms with Gasteiger partial charge in [0.2, 0.25) is 10.0 Å². The lowest BCUT2D eigenvalue weighted by molar-refractivity contribution is 0.0730. The first-order valence-electron chi connectivity index (χ1n) is 11.4. The number of ether oxygens (including phenoxy) is 1. The van der Waals surface area contributed by atoms with Crippen LogP contribution in [-0.2, 0) is 14.8 Å². The lowest BCUT2D eigenvalue weighted by atomic mass is 10.1. The maximum absolute atomic E-state index is 13.2. The summed E-state index contributed by atoms with van der Waals surface area (Å²) in [6.45, 7) is 5.04. The summed E-state index contributed by atoms with van der Waals surface area (Å²) in [7, 11) is -3.68. The van der Waals surface area contributed by atoms with Crippen molar-refractivity contribution in [2.45, 2.75) is 18.7 Å². The highest BCUT2D eigenvalue weighted by atomic mass is 32.2. The molecule has 2 heterocycles. The molecule has 1 N–H and O–H groups in total. The minimum absolute atomic E-state index is 0.185. The molecule has 0 spiro atoms. The Labute approximate surface area is 204 Å². The summed E-state index contributed by atoms with van der Waals surface area (Å²) in [5.74, 6) is 0.484. The third-order valence-corrected chi connectivity index (χ3v) is 8.17. The second-order valence-corrected chi connectivity index (χ2v) is 10.4. The Kier molecular flexibility index (Phi) is 6.14. The molecule has 0 atom stereocenters. The summed E-state index contributed by atoms with van der Waals surface area (Å²) >= 11 is 0. The Morgan fingerprint density at radius 1 is 0.971 bits per heavy atom. The zero-order valence-corrected chi connectivity index (χ0v) is 20.4. The zero-order chi connectivity index (χ0) is 24.6. The highest BCUT2D eigenvalue weighted by Gasteiger charge is 2.28. The van der Waals surface area contributed by atoms with Gasteiger partial charge < -0.3 is 10.1 Å². The van der Waals surface area contributed by atoms with E-state index in [1.165, 1.54) is 10.4 Å². The van der Waals surface area contributed by atoms with Crippen LogP contribution < -0.4 is 5.32 Å². The number of imidazole rings is 1. The fraction of sp³-hybridized carbons (Fsp3) is 0.231. The van der Waals surface area contributed by atoms with Gasteiger partial charge in [-0.05, 0) is 61.9 Å². The van der Waals surface area contributed by atoms with Gasteiger partial charge in [-0.25, -0.2) is 13.4 Å². The van der Waals surface area contributed by atoms with Crippen LogP contribution >= 0.6 is 0 Å². The van der Waals surface area contributed by atoms with Crippen LogP contribution in [0.1, 0.15) is 21.7 Å². The SMILES string of the molecule is Cc1ccc(NC(=O)c2ccc3c(c2)nc(C)n3-c2ccccc2)cc1S(=O)(=O)N1CCOCC1. The number of rotatable bonds is 5. The number of aromatic nitrogens is 2. The number of nitrogens with one attached hydrogen (secondary N) is 1. The van der Waals surface area contributed by atoms with Gasteiger partial charge >= 0.3 is 0 Å². The number of anilines is 1. The molecule has 1 aliphatic rings. The number of hydrogen-bond acceptors (Lipinski definition) is 5. The number of amides is 1. The van der Waals surface area contributed by atoms with Gasteiger partial charge in [-0.1, -0.05) is 24.3 Å². The van der Waals surface area contributed by atoms with Gasteiger partial charge in [0.25, 0.3) is 5.91 Å². The van der Waals surface area contributed by atoms with Gasteiger partial charge in [-0.15, -0.1) is 0 Å². The van der Waals surface area contributed by atoms with Crippen molar-refractivity contribution in [3.05, 3.63) is 83.7 Å². The van der Waals surface area contributed by atoms with Crippen LogP contribution in [0.25, 0.3) is 16.7 Å². The Balaban J connectivity index is 1.42. The maximum Gasteiger partial charge on any atom is 0.255 e. The number of carbonyl (C=O) groups is 1. The molecule has 0 saturated carbocycles. The van der Waals surface area contributed by atoms with E-state index in [4.69, 9.17) is 4.74 Å². The van der Waals surface area contributed by atoms with Crippen molar-refractivity contribution in [1.82, 2.24) is 13.9 Å². The lowest BCUT2D eigenvalue weighted by Gasteiger charge is -2.26. The van der Waals surface area contributed by atoms with Crippen molar-refractivity contribution in [3.63, 3.8) is 0 Å². The fourth-order valence-corrected chi connectivity index (χ4v) is 5.99. The van der Waals surface area contributed by atoms with E-state index in [1.807, 2.05) is 47.9 Å². The van der Waals surface area contributed by atoms with Crippen molar-refractivity contribution >= 4 is 32.7 Å². The van der Waals surface area contributed by atoms with E-state index in [9.17, 15) is 13.2 Å². The molecule has 1 aromatic heterocycles. The molecule has 9 heteroatoms. The summed E-state index contributed by atoms with van der Waals surface area (Å²) in [6, 6.07) is 20.2. The molecule has 3 aromatic carbocycles. The van der Waals surface area contributed by atoms with E-state index in [2.05, 4.69) is 10.3 Å². The predicted octanol–water partition coefficient (Wildman–Crippen LogP) is 3.92. The normalized spacial score (nSPS) is 14.8. The van der Waals surface area contributed by atoms with Crippen molar-refractivity contribution in [3.8, 4) is 5.69 Å². The third-order valence-electron chi connectivity index (χ3n) is 6.13. The van der Waals surface area contributed by atoms with Crippen molar-refractivity contribution in [1.29, 1.82) is 0 Å². The number of aryl methyl sites for hydroxylation is 2. The van der Waals surface area contributed by atoms with Gasteiger partial charge in [0.1, 0.15) is 5.82 Å². The van der Waals surface area contributed by atoms with Crippen LogP contribution in [0.4, 0.5) is 5.69 Å². The standard InChI is InChI=1S/C26H26N4O4S/c1-18-8-10-21(17-25(18)35(32,33)29-12-14-34-15-13-29)28-26(31)20-9-11-24-23(16-20)27-19(2)30(24)22-6-4-3-5-7-22/h3-11,16-17H,12-15H2,1-2H3,(H,28,31). The molecule has 1 saturated heterocycles. The molecule has 1 aliphatic heterocycles. The highest BCUT2D eigenvalue weighted by Crippen LogP contribution is 2.26. The Hall–Kier alpha value is -3.53. The van der Waals surface area contributed by atoms with E-state index in [0.29, 0.717) is 48.6 Å². The first-order chi connectivity index (χ1) is 16.8. The topological polar surface area (TPSA) is 93.5 Å². The number of fused-ring (bicyclic) bond motifs is 1. The molecule has 180 valence electrons. The van der Waals surface area contributed by atoms with E-state index in [1.54, 1.807) is 31.2 Å². The molecule has 0 aliphatic carbocycles. The summed E-state index contributed by atoms with van der Waals surface area (Å²) < 4.78 is 35.1. The van der Waals surface area contributed by atoms with Crippen LogP contribution in [0.3, 0.4) is 0 Å². The molecule has 0 unspecified atom stereocenters. The maximum atomic E-state index is 13.2. The Bertz CT molecular complexity index is 1510. The van der Waals surface area contributed by atoms with E-state index >= 15 is 0 Å². The van der Waals surface area contributed by atoms with E-state index < -0.39 is 10.0 Å². The number of benzene rings is 3. The molecule has 8 nitrogen and oxygen atoms in total. The lowest BCUT2D eigenvalue weighted by Crippen LogP contribution is -2.40. The number of nitrogens with zero attached hydrogens (tertiary/aromatic N) is 3. The molecule has 35 heavy (non-hydrogen) atoms. The van der Waals surface area contributed by atoms with Crippen LogP contribution in [0.2, 0.25) is 0 Å². The average Bonchev–Trinajstić information content (AvgIpc) is 3.21. The number of hydrogen-bond donors (Lipinski definition) is 1. The second-order valence-electron chi connectivity index (χ2n) is 8.48. The molecule has 1 fully saturated rings. The molecule has 1 amide bonds. The summed E-state index contributed by atoms with van der Waals surface area (Å²) in [6.07, 6.45) is 0. The number of sulfonamides is 1. The molecule has 0 radical (unpaired) electrons. The van der Waals surface area contributed by atoms with Crippen LogP contribution in [0, 0.1) is 13.8 Å². The zero-order valence-electron chi connectivity index (χ0n) is 19.6. The molecular weight excluding hydrogens is 464 g/mol. The molecule has 5 rings (SSSR count). The Morgan fingerprint density at radius 3 is 2.46 bits per heavy atom. The largest absolute Gasteiger partial charge is 0.379 e. The van der Waals surface area contributed by atoms with Gasteiger partial charge in [-0.2, -0.15) is 4.31 Å². The van der Waals surface area contributed by atoms with Gasteiger partial charge in [0, 0.05) is 30.0 Å². The van der Waals surface area contributed by atoms with Gasteiger partial charge in [-0.3, -0.25) is 9.36 Å². The number of morpholine rings is 1. The highest BCUT2D eigenvalue weighted by molar-refractivity contribution is 7.89. The van der Waals surface area contributed by atoms with E-state index in [-0.39, 0.29) is 10.8 Å². The monoisotopic (exact) mass is 490 g/mol. The first-order valence-corrected chi connectivity index (χ1v) is 12.8.